The Hall–Kier alpha value is -3.08. The van der Waals surface area contributed by atoms with Crippen molar-refractivity contribution < 1.29 is 0 Å². The summed E-state index contributed by atoms with van der Waals surface area (Å²) in [5, 5.41) is 2.15. The highest BCUT2D eigenvalue weighted by molar-refractivity contribution is 5.85. The van der Waals surface area contributed by atoms with Crippen LogP contribution in [-0.2, 0) is 10.8 Å². The maximum absolute atomic E-state index is 5.92. The second kappa shape index (κ2) is 7.74. The Bertz CT molecular complexity index is 1130. The molecule has 0 fully saturated rings. The molecule has 0 unspecified atom stereocenters. The van der Waals surface area contributed by atoms with E-state index in [1.165, 1.54) is 5.56 Å². The molecular formula is C24H29N5. The molecule has 2 N–H and O–H groups in total. The highest BCUT2D eigenvalue weighted by Crippen LogP contribution is 2.31. The van der Waals surface area contributed by atoms with E-state index in [4.69, 9.17) is 5.73 Å². The first-order chi connectivity index (χ1) is 13.6. The number of nitrogens with two attached hydrogens (primary N) is 1. The lowest BCUT2D eigenvalue weighted by Gasteiger charge is -2.21. The Balaban J connectivity index is 0.000000166. The van der Waals surface area contributed by atoms with Crippen molar-refractivity contribution in [3.05, 3.63) is 66.4 Å². The molecule has 29 heavy (non-hydrogen) atoms. The number of hydrogen-bond acceptors (Lipinski definition) is 5. The summed E-state index contributed by atoms with van der Waals surface area (Å²) in [6, 6.07) is 7.90. The molecule has 0 aromatic carbocycles. The van der Waals surface area contributed by atoms with Crippen molar-refractivity contribution in [3.63, 3.8) is 0 Å². The lowest BCUT2D eigenvalue weighted by Crippen LogP contribution is -2.16. The molecule has 0 bridgehead atoms. The summed E-state index contributed by atoms with van der Waals surface area (Å²) >= 11 is 0. The molecule has 0 radical (unpaired) electrons. The lowest BCUT2D eigenvalue weighted by molar-refractivity contribution is 0.592. The number of rotatable bonds is 0. The molecule has 0 aliphatic rings. The van der Waals surface area contributed by atoms with Gasteiger partial charge in [-0.1, -0.05) is 41.5 Å². The minimum Gasteiger partial charge on any atom is -0.383 e. The van der Waals surface area contributed by atoms with E-state index >= 15 is 0 Å². The van der Waals surface area contributed by atoms with Gasteiger partial charge in [0.25, 0.3) is 0 Å². The first kappa shape index (κ1) is 20.6. The van der Waals surface area contributed by atoms with Gasteiger partial charge >= 0.3 is 0 Å². The third kappa shape index (κ3) is 4.50. The Labute approximate surface area is 172 Å². The number of nitrogens with zero attached hydrogens (tertiary/aromatic N) is 4. The summed E-state index contributed by atoms with van der Waals surface area (Å²) in [6.45, 7) is 12.9. The van der Waals surface area contributed by atoms with Gasteiger partial charge in [-0.2, -0.15) is 0 Å². The SMILES string of the molecule is CC(C)(C)c1c(N)ncc2cccnc12.CC(C)(C)c1cncc2cccnc12. The third-order valence-corrected chi connectivity index (χ3v) is 4.74. The smallest absolute Gasteiger partial charge is 0.129 e. The third-order valence-electron chi connectivity index (χ3n) is 4.74. The molecule has 0 aliphatic heterocycles. The van der Waals surface area contributed by atoms with E-state index in [1.807, 2.05) is 42.9 Å². The topological polar surface area (TPSA) is 77.6 Å². The number of pyridine rings is 4. The number of aromatic nitrogens is 4. The number of anilines is 1. The average molecular weight is 388 g/mol. The van der Waals surface area contributed by atoms with Crippen molar-refractivity contribution in [3.8, 4) is 0 Å². The van der Waals surface area contributed by atoms with Crippen LogP contribution in [0.4, 0.5) is 5.82 Å². The minimum atomic E-state index is -0.0368. The van der Waals surface area contributed by atoms with Crippen molar-refractivity contribution in [2.75, 3.05) is 5.73 Å². The normalized spacial score (nSPS) is 11.9. The van der Waals surface area contributed by atoms with E-state index in [2.05, 4.69) is 61.5 Å². The van der Waals surface area contributed by atoms with E-state index in [0.717, 1.165) is 27.4 Å². The second-order valence-corrected chi connectivity index (χ2v) is 9.22. The Kier molecular flexibility index (Phi) is 5.51. The Morgan fingerprint density at radius 3 is 1.86 bits per heavy atom. The molecule has 4 rings (SSSR count). The van der Waals surface area contributed by atoms with Crippen LogP contribution in [0.25, 0.3) is 21.8 Å². The van der Waals surface area contributed by atoms with Crippen molar-refractivity contribution in [2.24, 2.45) is 0 Å². The maximum Gasteiger partial charge on any atom is 0.129 e. The Morgan fingerprint density at radius 2 is 1.28 bits per heavy atom. The zero-order valence-electron chi connectivity index (χ0n) is 18.1. The van der Waals surface area contributed by atoms with Gasteiger partial charge in [0.15, 0.2) is 0 Å². The summed E-state index contributed by atoms with van der Waals surface area (Å²) in [7, 11) is 0. The van der Waals surface area contributed by atoms with Crippen molar-refractivity contribution in [1.82, 2.24) is 19.9 Å². The zero-order chi connectivity index (χ0) is 21.2. The summed E-state index contributed by atoms with van der Waals surface area (Å²) in [6.07, 6.45) is 9.16. The molecule has 5 nitrogen and oxygen atoms in total. The van der Waals surface area contributed by atoms with Gasteiger partial charge in [0.05, 0.1) is 11.0 Å². The quantitative estimate of drug-likeness (QED) is 0.435. The fourth-order valence-corrected chi connectivity index (χ4v) is 3.34. The average Bonchev–Trinajstić information content (AvgIpc) is 2.66. The molecule has 5 heteroatoms. The van der Waals surface area contributed by atoms with Gasteiger partial charge in [0.1, 0.15) is 5.82 Å². The highest BCUT2D eigenvalue weighted by atomic mass is 14.8. The van der Waals surface area contributed by atoms with Gasteiger partial charge < -0.3 is 5.73 Å². The van der Waals surface area contributed by atoms with Crippen LogP contribution in [0.3, 0.4) is 0 Å². The monoisotopic (exact) mass is 387 g/mol. The summed E-state index contributed by atoms with van der Waals surface area (Å²) in [4.78, 5) is 17.2. The molecule has 0 saturated heterocycles. The molecule has 0 atom stereocenters. The molecule has 4 heterocycles. The van der Waals surface area contributed by atoms with Crippen LogP contribution in [0.15, 0.2) is 55.2 Å². The van der Waals surface area contributed by atoms with Crippen LogP contribution in [-0.4, -0.2) is 19.9 Å². The first-order valence-corrected chi connectivity index (χ1v) is 9.78. The van der Waals surface area contributed by atoms with Gasteiger partial charge in [-0.3, -0.25) is 15.0 Å². The fraction of sp³-hybridized carbons (Fsp3) is 0.333. The molecule has 4 aromatic heterocycles. The van der Waals surface area contributed by atoms with Crippen molar-refractivity contribution >= 4 is 27.6 Å². The van der Waals surface area contributed by atoms with Crippen molar-refractivity contribution in [2.45, 2.75) is 52.4 Å². The van der Waals surface area contributed by atoms with Crippen molar-refractivity contribution in [1.29, 1.82) is 0 Å². The van der Waals surface area contributed by atoms with Gasteiger partial charge in [-0.15, -0.1) is 0 Å². The van der Waals surface area contributed by atoms with Crippen LogP contribution in [0.5, 0.6) is 0 Å². The Morgan fingerprint density at radius 1 is 0.690 bits per heavy atom. The van der Waals surface area contributed by atoms with E-state index in [9.17, 15) is 0 Å². The largest absolute Gasteiger partial charge is 0.383 e. The van der Waals surface area contributed by atoms with Gasteiger partial charge in [0, 0.05) is 52.9 Å². The summed E-state index contributed by atoms with van der Waals surface area (Å²) < 4.78 is 0. The van der Waals surface area contributed by atoms with E-state index in [0.29, 0.717) is 5.82 Å². The van der Waals surface area contributed by atoms with E-state index < -0.39 is 0 Å². The molecule has 150 valence electrons. The predicted octanol–water partition coefficient (Wildman–Crippen LogP) is 5.44. The molecule has 0 aliphatic carbocycles. The van der Waals surface area contributed by atoms with Crippen LogP contribution < -0.4 is 5.73 Å². The number of nitrogen functional groups attached to an aromatic ring is 1. The second-order valence-electron chi connectivity index (χ2n) is 9.22. The molecule has 4 aromatic rings. The van der Waals surface area contributed by atoms with Gasteiger partial charge in [-0.05, 0) is 35.1 Å². The van der Waals surface area contributed by atoms with Gasteiger partial charge in [-0.25, -0.2) is 4.98 Å². The summed E-state index contributed by atoms with van der Waals surface area (Å²) in [5.74, 6) is 0.578. The number of fused-ring (bicyclic) bond motifs is 2. The van der Waals surface area contributed by atoms with Crippen LogP contribution in [0.2, 0.25) is 0 Å². The molecular weight excluding hydrogens is 358 g/mol. The van der Waals surface area contributed by atoms with Crippen LogP contribution in [0, 0.1) is 0 Å². The first-order valence-electron chi connectivity index (χ1n) is 9.78. The van der Waals surface area contributed by atoms with Gasteiger partial charge in [0.2, 0.25) is 0 Å². The zero-order valence-corrected chi connectivity index (χ0v) is 18.1. The van der Waals surface area contributed by atoms with E-state index in [1.54, 1.807) is 12.4 Å². The maximum atomic E-state index is 5.92. The number of hydrogen-bond donors (Lipinski definition) is 1. The fourth-order valence-electron chi connectivity index (χ4n) is 3.34. The highest BCUT2D eigenvalue weighted by Gasteiger charge is 2.21. The molecule has 0 saturated carbocycles. The molecule has 0 spiro atoms. The van der Waals surface area contributed by atoms with E-state index in [-0.39, 0.29) is 10.8 Å². The predicted molar refractivity (Wildman–Crippen MR) is 121 cm³/mol. The van der Waals surface area contributed by atoms with Crippen LogP contribution >= 0.6 is 0 Å². The summed E-state index contributed by atoms with van der Waals surface area (Å²) in [5.41, 5.74) is 10.2. The minimum absolute atomic E-state index is 0.0368. The molecule has 0 amide bonds. The standard InChI is InChI=1S/C12H15N3.C12H14N2/c1-12(2,3)9-10-8(5-4-6-14-10)7-15-11(9)13;1-12(2,3)10-8-13-7-9-5-4-6-14-11(9)10/h4-7H,1-3H3,(H2,13,15);4-8H,1-3H3. The van der Waals surface area contributed by atoms with Crippen LogP contribution in [0.1, 0.15) is 52.7 Å². The lowest BCUT2D eigenvalue weighted by atomic mass is 9.86.